The number of carbonyl (C=O) groups excluding carboxylic acids is 2. The summed E-state index contributed by atoms with van der Waals surface area (Å²) >= 11 is 0. The molecule has 2 amide bonds. The molecule has 2 aliphatic heterocycles. The first-order valence-corrected chi connectivity index (χ1v) is 11.6. The minimum Gasteiger partial charge on any atom is -0.444 e. The molecule has 9 nitrogen and oxygen atoms in total. The Labute approximate surface area is 210 Å². The molecule has 1 atom stereocenters. The van der Waals surface area contributed by atoms with Gasteiger partial charge in [-0.2, -0.15) is 0 Å². The Morgan fingerprint density at radius 2 is 1.66 bits per heavy atom. The Balaban J connectivity index is 0.00000512. The molecule has 0 aliphatic carbocycles. The zero-order valence-electron chi connectivity index (χ0n) is 20.7. The fraction of sp³-hybridized carbons (Fsp3) is 0.864. The Bertz CT molecular complexity index is 626. The molecule has 0 aromatic rings. The smallest absolute Gasteiger partial charge is 0.410 e. The van der Waals surface area contributed by atoms with Gasteiger partial charge in [0.25, 0.3) is 0 Å². The van der Waals surface area contributed by atoms with Crippen LogP contribution in [0.4, 0.5) is 4.79 Å². The number of nitrogens with zero attached hydrogens (tertiary/aromatic N) is 5. The van der Waals surface area contributed by atoms with Crippen LogP contribution in [-0.2, 0) is 9.53 Å². The van der Waals surface area contributed by atoms with Gasteiger partial charge in [0.15, 0.2) is 5.96 Å². The molecule has 2 saturated heterocycles. The molecule has 0 bridgehead atoms. The van der Waals surface area contributed by atoms with E-state index in [2.05, 4.69) is 22.0 Å². The second kappa shape index (κ2) is 13.4. The molecule has 2 aliphatic rings. The van der Waals surface area contributed by atoms with E-state index < -0.39 is 5.60 Å². The summed E-state index contributed by atoms with van der Waals surface area (Å²) in [5.74, 6) is 1.12. The molecular weight excluding hydrogens is 523 g/mol. The van der Waals surface area contributed by atoms with Gasteiger partial charge in [-0.1, -0.05) is 0 Å². The third kappa shape index (κ3) is 8.92. The van der Waals surface area contributed by atoms with Crippen molar-refractivity contribution in [3.8, 4) is 0 Å². The number of hydrogen-bond acceptors (Lipinski definition) is 5. The summed E-state index contributed by atoms with van der Waals surface area (Å²) in [5, 5.41) is 3.35. The molecule has 1 N–H and O–H groups in total. The molecule has 0 spiro atoms. The SMILES string of the molecule is CCNC(=NCCN(C)C(=O)OC(C)(C)C)N1CCN(C(C)C(=O)N2CCCC2)CC1.I. The van der Waals surface area contributed by atoms with Crippen LogP contribution in [0.15, 0.2) is 4.99 Å². The second-order valence-corrected chi connectivity index (χ2v) is 9.37. The molecule has 0 radical (unpaired) electrons. The van der Waals surface area contributed by atoms with Crippen LogP contribution >= 0.6 is 24.0 Å². The van der Waals surface area contributed by atoms with Gasteiger partial charge in [-0.15, -0.1) is 24.0 Å². The first-order chi connectivity index (χ1) is 14.6. The number of carbonyl (C=O) groups is 2. The minimum absolute atomic E-state index is 0. The van der Waals surface area contributed by atoms with Crippen molar-refractivity contribution < 1.29 is 14.3 Å². The van der Waals surface area contributed by atoms with E-state index in [-0.39, 0.29) is 42.0 Å². The number of likely N-dealkylation sites (N-methyl/N-ethyl adjacent to an activating group) is 1. The van der Waals surface area contributed by atoms with Gasteiger partial charge in [0, 0.05) is 59.4 Å². The van der Waals surface area contributed by atoms with E-state index in [1.165, 1.54) is 0 Å². The number of rotatable bonds is 6. The standard InChI is InChI=1S/C22H42N6O3.HI/c1-7-23-20(24-10-13-25(6)21(30)31-22(3,4)5)28-16-14-26(15-17-28)18(2)19(29)27-11-8-9-12-27;/h18H,7-17H2,1-6H3,(H,23,24);1H. The Hall–Kier alpha value is -1.30. The Morgan fingerprint density at radius 3 is 2.19 bits per heavy atom. The number of halogens is 1. The topological polar surface area (TPSA) is 80.7 Å². The highest BCUT2D eigenvalue weighted by molar-refractivity contribution is 14.0. The summed E-state index contributed by atoms with van der Waals surface area (Å²) in [7, 11) is 1.73. The normalized spacial score (nSPS) is 18.8. The third-order valence-corrected chi connectivity index (χ3v) is 5.67. The van der Waals surface area contributed by atoms with Crippen molar-refractivity contribution in [1.29, 1.82) is 0 Å². The van der Waals surface area contributed by atoms with Crippen molar-refractivity contribution >= 4 is 41.9 Å². The third-order valence-electron chi connectivity index (χ3n) is 5.67. The lowest BCUT2D eigenvalue weighted by Gasteiger charge is -2.39. The summed E-state index contributed by atoms with van der Waals surface area (Å²) < 4.78 is 5.39. The summed E-state index contributed by atoms with van der Waals surface area (Å²) in [4.78, 5) is 37.6. The highest BCUT2D eigenvalue weighted by Crippen LogP contribution is 2.14. The van der Waals surface area contributed by atoms with E-state index in [1.807, 2.05) is 32.6 Å². The number of amides is 2. The van der Waals surface area contributed by atoms with Crippen LogP contribution in [0.5, 0.6) is 0 Å². The number of nitrogens with one attached hydrogen (secondary N) is 1. The van der Waals surface area contributed by atoms with Crippen LogP contribution in [0, 0.1) is 0 Å². The van der Waals surface area contributed by atoms with Crippen LogP contribution in [0.1, 0.15) is 47.5 Å². The van der Waals surface area contributed by atoms with Crippen molar-refractivity contribution in [3.63, 3.8) is 0 Å². The molecule has 2 heterocycles. The number of likely N-dealkylation sites (tertiary alicyclic amines) is 1. The largest absolute Gasteiger partial charge is 0.444 e. The summed E-state index contributed by atoms with van der Waals surface area (Å²) in [6.45, 7) is 16.6. The lowest BCUT2D eigenvalue weighted by Crippen LogP contribution is -2.57. The molecule has 2 rings (SSSR count). The van der Waals surface area contributed by atoms with E-state index in [9.17, 15) is 9.59 Å². The minimum atomic E-state index is -0.503. The van der Waals surface area contributed by atoms with Crippen molar-refractivity contribution in [2.75, 3.05) is 66.0 Å². The van der Waals surface area contributed by atoms with Gasteiger partial charge in [-0.05, 0) is 47.5 Å². The predicted molar refractivity (Wildman–Crippen MR) is 139 cm³/mol. The first kappa shape index (κ1) is 28.7. The van der Waals surface area contributed by atoms with Crippen LogP contribution < -0.4 is 5.32 Å². The first-order valence-electron chi connectivity index (χ1n) is 11.6. The number of aliphatic imine (C=N–C) groups is 1. The lowest BCUT2D eigenvalue weighted by atomic mass is 10.2. The Kier molecular flexibility index (Phi) is 12.0. The van der Waals surface area contributed by atoms with Crippen molar-refractivity contribution in [2.45, 2.75) is 59.1 Å². The predicted octanol–water partition coefficient (Wildman–Crippen LogP) is 2.07. The highest BCUT2D eigenvalue weighted by atomic mass is 127. The van der Waals surface area contributed by atoms with Gasteiger partial charge < -0.3 is 24.8 Å². The molecule has 1 unspecified atom stereocenters. The summed E-state index contributed by atoms with van der Waals surface area (Å²) in [6, 6.07) is -0.0674. The van der Waals surface area contributed by atoms with Crippen LogP contribution in [-0.4, -0.2) is 115 Å². The molecule has 2 fully saturated rings. The maximum atomic E-state index is 12.7. The molecule has 32 heavy (non-hydrogen) atoms. The van der Waals surface area contributed by atoms with Crippen molar-refractivity contribution in [1.82, 2.24) is 24.9 Å². The molecule has 0 aromatic heterocycles. The van der Waals surface area contributed by atoms with E-state index >= 15 is 0 Å². The average molecular weight is 567 g/mol. The Morgan fingerprint density at radius 1 is 1.06 bits per heavy atom. The summed E-state index contributed by atoms with van der Waals surface area (Å²) in [6.07, 6.45) is 1.91. The zero-order valence-corrected chi connectivity index (χ0v) is 23.1. The monoisotopic (exact) mass is 566 g/mol. The zero-order chi connectivity index (χ0) is 23.0. The summed E-state index contributed by atoms with van der Waals surface area (Å²) in [5.41, 5.74) is -0.503. The fourth-order valence-corrected chi connectivity index (χ4v) is 3.84. The van der Waals surface area contributed by atoms with E-state index in [4.69, 9.17) is 9.73 Å². The van der Waals surface area contributed by atoms with E-state index in [1.54, 1.807) is 11.9 Å². The van der Waals surface area contributed by atoms with Gasteiger partial charge in [-0.25, -0.2) is 4.79 Å². The highest BCUT2D eigenvalue weighted by Gasteiger charge is 2.30. The van der Waals surface area contributed by atoms with Gasteiger partial charge in [0.1, 0.15) is 5.60 Å². The average Bonchev–Trinajstić information content (AvgIpc) is 3.25. The fourth-order valence-electron chi connectivity index (χ4n) is 3.84. The number of guanidine groups is 1. The molecule has 186 valence electrons. The second-order valence-electron chi connectivity index (χ2n) is 9.37. The van der Waals surface area contributed by atoms with E-state index in [0.29, 0.717) is 13.1 Å². The number of piperazine rings is 1. The van der Waals surface area contributed by atoms with Crippen LogP contribution in [0.2, 0.25) is 0 Å². The number of hydrogen-bond donors (Lipinski definition) is 1. The van der Waals surface area contributed by atoms with Gasteiger partial charge in [-0.3, -0.25) is 14.7 Å². The molecular formula is C22H43IN6O3. The van der Waals surface area contributed by atoms with Gasteiger partial charge in [0.05, 0.1) is 12.6 Å². The van der Waals surface area contributed by atoms with Gasteiger partial charge in [0.2, 0.25) is 5.91 Å². The van der Waals surface area contributed by atoms with Crippen molar-refractivity contribution in [3.05, 3.63) is 0 Å². The molecule has 0 aromatic carbocycles. The van der Waals surface area contributed by atoms with E-state index in [0.717, 1.165) is 64.6 Å². The maximum absolute atomic E-state index is 12.7. The van der Waals surface area contributed by atoms with Crippen molar-refractivity contribution in [2.24, 2.45) is 4.99 Å². The molecule has 10 heteroatoms. The lowest BCUT2D eigenvalue weighted by molar-refractivity contribution is -0.135. The number of ether oxygens (including phenoxy) is 1. The maximum Gasteiger partial charge on any atom is 0.410 e. The van der Waals surface area contributed by atoms with Crippen LogP contribution in [0.25, 0.3) is 0 Å². The van der Waals surface area contributed by atoms with Gasteiger partial charge >= 0.3 is 6.09 Å². The molecule has 0 saturated carbocycles. The van der Waals surface area contributed by atoms with Crippen LogP contribution in [0.3, 0.4) is 0 Å². The quantitative estimate of drug-likeness (QED) is 0.301.